The first-order valence-corrected chi connectivity index (χ1v) is 6.15. The zero-order chi connectivity index (χ0) is 11.7. The topological polar surface area (TPSA) is 33.4 Å². The Balaban J connectivity index is 1.77. The van der Waals surface area contributed by atoms with Crippen molar-refractivity contribution in [2.45, 2.75) is 31.8 Å². The van der Waals surface area contributed by atoms with Crippen LogP contribution < -0.4 is 0 Å². The van der Waals surface area contributed by atoms with Crippen molar-refractivity contribution in [3.05, 3.63) is 59.0 Å². The summed E-state index contributed by atoms with van der Waals surface area (Å²) < 4.78 is 5.21. The smallest absolute Gasteiger partial charge is 0.132 e. The molecule has 0 fully saturated rings. The summed E-state index contributed by atoms with van der Waals surface area (Å²) >= 11 is 0. The highest BCUT2D eigenvalue weighted by molar-refractivity contribution is 5.35. The van der Waals surface area contributed by atoms with Gasteiger partial charge in [0.2, 0.25) is 0 Å². The molecule has 1 atom stereocenters. The van der Waals surface area contributed by atoms with Crippen LogP contribution in [0.15, 0.2) is 41.0 Å². The fraction of sp³-hybridized carbons (Fsp3) is 0.333. The predicted octanol–water partition coefficient (Wildman–Crippen LogP) is 3.04. The number of furan rings is 1. The highest BCUT2D eigenvalue weighted by Crippen LogP contribution is 2.25. The summed E-state index contributed by atoms with van der Waals surface area (Å²) in [6.45, 7) is 0. The van der Waals surface area contributed by atoms with Gasteiger partial charge in [0.25, 0.3) is 0 Å². The molecule has 0 saturated heterocycles. The highest BCUT2D eigenvalue weighted by Gasteiger charge is 2.14. The lowest BCUT2D eigenvalue weighted by Gasteiger charge is -2.09. The van der Waals surface area contributed by atoms with Crippen molar-refractivity contribution in [1.82, 2.24) is 0 Å². The van der Waals surface area contributed by atoms with Gasteiger partial charge in [-0.3, -0.25) is 0 Å². The number of hydrogen-bond acceptors (Lipinski definition) is 2. The zero-order valence-corrected chi connectivity index (χ0v) is 9.73. The second-order valence-electron chi connectivity index (χ2n) is 4.69. The molecule has 2 aromatic rings. The van der Waals surface area contributed by atoms with Crippen LogP contribution in [0.4, 0.5) is 0 Å². The Hall–Kier alpha value is -1.54. The van der Waals surface area contributed by atoms with Gasteiger partial charge in [0.1, 0.15) is 11.9 Å². The molecule has 1 unspecified atom stereocenters. The van der Waals surface area contributed by atoms with Gasteiger partial charge >= 0.3 is 0 Å². The van der Waals surface area contributed by atoms with Crippen LogP contribution >= 0.6 is 0 Å². The molecule has 2 heteroatoms. The maximum atomic E-state index is 10.0. The van der Waals surface area contributed by atoms with E-state index >= 15 is 0 Å². The molecule has 2 nitrogen and oxygen atoms in total. The number of fused-ring (bicyclic) bond motifs is 1. The van der Waals surface area contributed by atoms with E-state index in [-0.39, 0.29) is 0 Å². The van der Waals surface area contributed by atoms with Crippen LogP contribution in [-0.2, 0) is 19.3 Å². The summed E-state index contributed by atoms with van der Waals surface area (Å²) in [7, 11) is 0. The number of benzene rings is 1. The molecular weight excluding hydrogens is 212 g/mol. The van der Waals surface area contributed by atoms with E-state index in [1.54, 1.807) is 12.3 Å². The standard InChI is InChI=1S/C15H16O2/c16-14(15-5-2-8-17-15)10-11-6-7-12-3-1-4-13(12)9-11/h2,5-9,14,16H,1,3-4,10H2. The van der Waals surface area contributed by atoms with Crippen LogP contribution in [-0.4, -0.2) is 5.11 Å². The van der Waals surface area contributed by atoms with Crippen molar-refractivity contribution < 1.29 is 9.52 Å². The molecule has 1 aromatic heterocycles. The van der Waals surface area contributed by atoms with E-state index in [9.17, 15) is 5.11 Å². The van der Waals surface area contributed by atoms with Crippen LogP contribution in [0, 0.1) is 0 Å². The second-order valence-corrected chi connectivity index (χ2v) is 4.69. The molecule has 1 aliphatic carbocycles. The summed E-state index contributed by atoms with van der Waals surface area (Å²) in [5, 5.41) is 10.0. The van der Waals surface area contributed by atoms with E-state index in [4.69, 9.17) is 4.42 Å². The van der Waals surface area contributed by atoms with Gasteiger partial charge in [-0.2, -0.15) is 0 Å². The number of rotatable bonds is 3. The number of aliphatic hydroxyl groups is 1. The fourth-order valence-electron chi connectivity index (χ4n) is 2.56. The van der Waals surface area contributed by atoms with Gasteiger partial charge in [0.05, 0.1) is 6.26 Å². The maximum absolute atomic E-state index is 10.0. The Bertz CT molecular complexity index is 500. The van der Waals surface area contributed by atoms with Crippen LogP contribution in [0.1, 0.15) is 35.0 Å². The molecule has 0 aliphatic heterocycles. The van der Waals surface area contributed by atoms with Crippen molar-refractivity contribution in [2.75, 3.05) is 0 Å². The van der Waals surface area contributed by atoms with Gasteiger partial charge in [-0.05, 0) is 48.1 Å². The first kappa shape index (κ1) is 10.6. The average molecular weight is 228 g/mol. The molecule has 1 N–H and O–H groups in total. The Morgan fingerprint density at radius 2 is 2.06 bits per heavy atom. The number of hydrogen-bond donors (Lipinski definition) is 1. The van der Waals surface area contributed by atoms with E-state index in [2.05, 4.69) is 18.2 Å². The number of aryl methyl sites for hydroxylation is 2. The lowest BCUT2D eigenvalue weighted by Crippen LogP contribution is -2.01. The van der Waals surface area contributed by atoms with E-state index < -0.39 is 6.10 Å². The molecule has 1 aromatic carbocycles. The molecular formula is C15H16O2. The Morgan fingerprint density at radius 1 is 1.18 bits per heavy atom. The van der Waals surface area contributed by atoms with Crippen LogP contribution in [0.5, 0.6) is 0 Å². The van der Waals surface area contributed by atoms with Gasteiger partial charge in [-0.1, -0.05) is 18.2 Å². The van der Waals surface area contributed by atoms with Crippen LogP contribution in [0.2, 0.25) is 0 Å². The van der Waals surface area contributed by atoms with E-state index in [0.717, 1.165) is 0 Å². The maximum Gasteiger partial charge on any atom is 0.132 e. The quantitative estimate of drug-likeness (QED) is 0.876. The third-order valence-corrected chi connectivity index (χ3v) is 3.46. The molecule has 0 spiro atoms. The predicted molar refractivity (Wildman–Crippen MR) is 65.8 cm³/mol. The minimum atomic E-state index is -0.538. The summed E-state index contributed by atoms with van der Waals surface area (Å²) in [5.41, 5.74) is 4.12. The second kappa shape index (κ2) is 4.38. The van der Waals surface area contributed by atoms with Gasteiger partial charge in [0, 0.05) is 6.42 Å². The Kier molecular flexibility index (Phi) is 2.73. The normalized spacial score (nSPS) is 15.8. The van der Waals surface area contributed by atoms with E-state index in [0.29, 0.717) is 12.2 Å². The van der Waals surface area contributed by atoms with Crippen molar-refractivity contribution in [3.63, 3.8) is 0 Å². The molecule has 0 amide bonds. The van der Waals surface area contributed by atoms with Gasteiger partial charge in [0.15, 0.2) is 0 Å². The van der Waals surface area contributed by atoms with Crippen LogP contribution in [0.25, 0.3) is 0 Å². The lowest BCUT2D eigenvalue weighted by molar-refractivity contribution is 0.150. The Labute approximate surface area is 101 Å². The van der Waals surface area contributed by atoms with Crippen molar-refractivity contribution in [3.8, 4) is 0 Å². The number of aliphatic hydroxyl groups excluding tert-OH is 1. The fourth-order valence-corrected chi connectivity index (χ4v) is 2.56. The van der Waals surface area contributed by atoms with Gasteiger partial charge in [-0.25, -0.2) is 0 Å². The molecule has 88 valence electrons. The first-order valence-electron chi connectivity index (χ1n) is 6.15. The third kappa shape index (κ3) is 2.13. The third-order valence-electron chi connectivity index (χ3n) is 3.46. The largest absolute Gasteiger partial charge is 0.467 e. The molecule has 17 heavy (non-hydrogen) atoms. The van der Waals surface area contributed by atoms with Crippen molar-refractivity contribution in [1.29, 1.82) is 0 Å². The SMILES string of the molecule is OC(Cc1ccc2c(c1)CCC2)c1ccco1. The highest BCUT2D eigenvalue weighted by atomic mass is 16.4. The minimum absolute atomic E-state index is 0.538. The summed E-state index contributed by atoms with van der Waals surface area (Å²) in [6.07, 6.45) is 5.34. The molecule has 1 aliphatic rings. The van der Waals surface area contributed by atoms with Gasteiger partial charge < -0.3 is 9.52 Å². The summed E-state index contributed by atoms with van der Waals surface area (Å²) in [5.74, 6) is 0.644. The molecule has 0 radical (unpaired) electrons. The van der Waals surface area contributed by atoms with Gasteiger partial charge in [-0.15, -0.1) is 0 Å². The van der Waals surface area contributed by atoms with Crippen molar-refractivity contribution >= 4 is 0 Å². The van der Waals surface area contributed by atoms with E-state index in [1.165, 1.54) is 36.0 Å². The molecule has 3 rings (SSSR count). The van der Waals surface area contributed by atoms with E-state index in [1.807, 2.05) is 6.07 Å². The summed E-state index contributed by atoms with van der Waals surface area (Å²) in [6, 6.07) is 10.2. The summed E-state index contributed by atoms with van der Waals surface area (Å²) in [4.78, 5) is 0. The van der Waals surface area contributed by atoms with Crippen LogP contribution in [0.3, 0.4) is 0 Å². The minimum Gasteiger partial charge on any atom is -0.467 e. The Morgan fingerprint density at radius 3 is 2.88 bits per heavy atom. The van der Waals surface area contributed by atoms with Crippen molar-refractivity contribution in [2.24, 2.45) is 0 Å². The lowest BCUT2D eigenvalue weighted by atomic mass is 10.0. The molecule has 0 bridgehead atoms. The monoisotopic (exact) mass is 228 g/mol. The average Bonchev–Trinajstić information content (AvgIpc) is 2.99. The zero-order valence-electron chi connectivity index (χ0n) is 9.73. The molecule has 1 heterocycles. The first-order chi connectivity index (χ1) is 8.33. The molecule has 0 saturated carbocycles.